The number of likely N-dealkylation sites (N-methyl/N-ethyl adjacent to an activating group) is 1. The molecule has 0 unspecified atom stereocenters. The van der Waals surface area contributed by atoms with E-state index >= 15 is 0 Å². The molecule has 19 heteroatoms. The Labute approximate surface area is 366 Å². The molecule has 19 atom stereocenters. The van der Waals surface area contributed by atoms with Crippen LogP contribution in [0.1, 0.15) is 102 Å². The number of esters is 1. The monoisotopic (exact) mass is 896 g/mol. The number of nitrogens with one attached hydrogen (secondary N) is 1. The van der Waals surface area contributed by atoms with E-state index in [1.165, 1.54) is 34.8 Å². The summed E-state index contributed by atoms with van der Waals surface area (Å²) >= 11 is 3.73. The van der Waals surface area contributed by atoms with Gasteiger partial charge in [0, 0.05) is 50.0 Å². The number of nitrogens with zero attached hydrogens (tertiary/aromatic N) is 1. The summed E-state index contributed by atoms with van der Waals surface area (Å²) < 4.78 is 37.1. The van der Waals surface area contributed by atoms with Gasteiger partial charge < -0.3 is 69.3 Å². The topological polar surface area (TPSA) is 260 Å². The molecular weight excluding hydrogens is 821 g/mol. The zero-order valence-corrected chi connectivity index (χ0v) is 39.3. The number of aliphatic hydroxyl groups is 5. The van der Waals surface area contributed by atoms with Gasteiger partial charge in [-0.15, -0.1) is 0 Å². The standard InChI is InChI=1S/C37H67NO13.C5H9NO3S/c1-14-25-37(10,45)30(41)20(4)27(39)18(2)16-35(8,44)32(51-34-28(40)24(38(11)12)15-19(3)47-34)21(5)29(22(6)33(43)49-25)50-26-17-36(9,46-13)31(42)23(7)48-26;1-3(7)6-4(2-10)5(8)9/h18-26,28-32,34,40-42,44-45H,14-17H2,1-13H3;4,10H,2H2,1H3,(H,6,7)(H,8,9)/t18-,19-,20+,21+,22-,23+,24+,25-,26+,28-,29+,30-,31+,32-,34+,35-,36-,37-;4-/m10/s1. The van der Waals surface area contributed by atoms with Gasteiger partial charge in [0.25, 0.3) is 0 Å². The first-order valence-corrected chi connectivity index (χ1v) is 21.8. The Morgan fingerprint density at radius 1 is 0.951 bits per heavy atom. The van der Waals surface area contributed by atoms with Crippen LogP contribution in [0.5, 0.6) is 0 Å². The van der Waals surface area contributed by atoms with Gasteiger partial charge in [0.15, 0.2) is 12.6 Å². The maximum Gasteiger partial charge on any atom is 0.327 e. The molecular formula is C42H76N2O16S. The van der Waals surface area contributed by atoms with Gasteiger partial charge in [0.1, 0.15) is 35.7 Å². The molecule has 18 nitrogen and oxygen atoms in total. The lowest BCUT2D eigenvalue weighted by Crippen LogP contribution is -2.61. The number of aliphatic hydroxyl groups excluding tert-OH is 3. The van der Waals surface area contributed by atoms with Crippen molar-refractivity contribution in [3.63, 3.8) is 0 Å². The summed E-state index contributed by atoms with van der Waals surface area (Å²) in [4.78, 5) is 50.3. The summed E-state index contributed by atoms with van der Waals surface area (Å²) in [5, 5.41) is 68.2. The number of carboxylic acids is 1. The van der Waals surface area contributed by atoms with E-state index in [9.17, 15) is 44.7 Å². The van der Waals surface area contributed by atoms with Crippen molar-refractivity contribution in [2.45, 2.75) is 192 Å². The van der Waals surface area contributed by atoms with Crippen molar-refractivity contribution in [2.24, 2.45) is 23.7 Å². The predicted octanol–water partition coefficient (Wildman–Crippen LogP) is 1.29. The van der Waals surface area contributed by atoms with Gasteiger partial charge in [0.2, 0.25) is 5.91 Å². The molecule has 3 aliphatic heterocycles. The van der Waals surface area contributed by atoms with Crippen LogP contribution in [0.25, 0.3) is 0 Å². The molecule has 7 N–H and O–H groups in total. The summed E-state index contributed by atoms with van der Waals surface area (Å²) in [7, 11) is 5.18. The highest BCUT2D eigenvalue weighted by molar-refractivity contribution is 7.80. The second-order valence-corrected chi connectivity index (χ2v) is 18.6. The fraction of sp³-hybridized carbons (Fsp3) is 0.905. The number of cyclic esters (lactones) is 1. The summed E-state index contributed by atoms with van der Waals surface area (Å²) in [5.41, 5.74) is -4.84. The molecule has 61 heavy (non-hydrogen) atoms. The highest BCUT2D eigenvalue weighted by Gasteiger charge is 2.53. The number of thiol groups is 1. The van der Waals surface area contributed by atoms with Crippen molar-refractivity contribution in [3.8, 4) is 0 Å². The maximum absolute atomic E-state index is 14.1. The first kappa shape index (κ1) is 55.1. The number of ketones is 1. The van der Waals surface area contributed by atoms with E-state index in [2.05, 4.69) is 17.9 Å². The van der Waals surface area contributed by atoms with Crippen LogP contribution in [0.4, 0.5) is 0 Å². The lowest BCUT2D eigenvalue weighted by atomic mass is 9.74. The Balaban J connectivity index is 0.00000113. The molecule has 0 aliphatic carbocycles. The molecule has 0 radical (unpaired) electrons. The van der Waals surface area contributed by atoms with Gasteiger partial charge in [0.05, 0.1) is 47.6 Å². The number of rotatable bonds is 10. The summed E-state index contributed by atoms with van der Waals surface area (Å²) in [6.07, 6.45) is -9.71. The molecule has 1 amide bonds. The third-order valence-electron chi connectivity index (χ3n) is 12.7. The van der Waals surface area contributed by atoms with E-state index in [1.54, 1.807) is 41.5 Å². The Hall–Kier alpha value is -2.01. The number of Topliss-reactive ketones (excluding diaryl/α,β-unsaturated/α-hetero) is 1. The number of methoxy groups -OCH3 is 1. The second-order valence-electron chi connectivity index (χ2n) is 18.2. The molecule has 0 bridgehead atoms. The van der Waals surface area contributed by atoms with Crippen LogP contribution in [0.3, 0.4) is 0 Å². The van der Waals surface area contributed by atoms with E-state index in [-0.39, 0.29) is 43.1 Å². The normalized spacial score (nSPS) is 43.6. The van der Waals surface area contributed by atoms with Gasteiger partial charge in [-0.05, 0) is 74.9 Å². The summed E-state index contributed by atoms with van der Waals surface area (Å²) in [6.45, 7) is 17.6. The predicted molar refractivity (Wildman–Crippen MR) is 225 cm³/mol. The van der Waals surface area contributed by atoms with Crippen LogP contribution in [0.15, 0.2) is 0 Å². The molecule has 3 heterocycles. The summed E-state index contributed by atoms with van der Waals surface area (Å²) in [6, 6.07) is -1.20. The van der Waals surface area contributed by atoms with Gasteiger partial charge in [-0.1, -0.05) is 27.7 Å². The zero-order chi connectivity index (χ0) is 47.1. The molecule has 3 aliphatic rings. The van der Waals surface area contributed by atoms with Crippen LogP contribution < -0.4 is 5.32 Å². The molecule has 0 aromatic rings. The minimum absolute atomic E-state index is 0.0936. The summed E-state index contributed by atoms with van der Waals surface area (Å²) in [5.74, 6) is -6.30. The molecule has 0 saturated carbocycles. The van der Waals surface area contributed by atoms with Gasteiger partial charge in [-0.2, -0.15) is 12.6 Å². The number of carbonyl (C=O) groups excluding carboxylic acids is 3. The van der Waals surface area contributed by atoms with Crippen LogP contribution in [0.2, 0.25) is 0 Å². The molecule has 3 rings (SSSR count). The molecule has 356 valence electrons. The number of hydrogen-bond donors (Lipinski definition) is 8. The lowest BCUT2D eigenvalue weighted by Gasteiger charge is -2.49. The molecule has 3 saturated heterocycles. The van der Waals surface area contributed by atoms with Crippen molar-refractivity contribution in [3.05, 3.63) is 0 Å². The Bertz CT molecular complexity index is 1450. The average Bonchev–Trinajstić information content (AvgIpc) is 3.17. The Morgan fingerprint density at radius 2 is 1.54 bits per heavy atom. The minimum atomic E-state index is -1.99. The van der Waals surface area contributed by atoms with Crippen molar-refractivity contribution in [2.75, 3.05) is 27.0 Å². The molecule has 0 aromatic carbocycles. The smallest absolute Gasteiger partial charge is 0.327 e. The number of carboxylic acid groups (broad SMARTS) is 1. The zero-order valence-electron chi connectivity index (χ0n) is 38.4. The molecule has 0 aromatic heterocycles. The van der Waals surface area contributed by atoms with Crippen molar-refractivity contribution < 1.29 is 78.2 Å². The van der Waals surface area contributed by atoms with Crippen molar-refractivity contribution >= 4 is 36.3 Å². The highest BCUT2D eigenvalue weighted by Crippen LogP contribution is 2.40. The molecule has 0 spiro atoms. The fourth-order valence-corrected chi connectivity index (χ4v) is 9.09. The molecule has 3 fully saturated rings. The van der Waals surface area contributed by atoms with Crippen molar-refractivity contribution in [1.82, 2.24) is 10.2 Å². The van der Waals surface area contributed by atoms with Crippen LogP contribution in [-0.2, 0) is 47.6 Å². The third-order valence-corrected chi connectivity index (χ3v) is 13.0. The Morgan fingerprint density at radius 3 is 2.02 bits per heavy atom. The van der Waals surface area contributed by atoms with Gasteiger partial charge in [-0.3, -0.25) is 14.4 Å². The van der Waals surface area contributed by atoms with Gasteiger partial charge >= 0.3 is 11.9 Å². The van der Waals surface area contributed by atoms with Crippen LogP contribution in [-0.4, -0.2) is 176 Å². The van der Waals surface area contributed by atoms with E-state index in [4.69, 9.17) is 33.5 Å². The van der Waals surface area contributed by atoms with Crippen LogP contribution >= 0.6 is 12.6 Å². The minimum Gasteiger partial charge on any atom is -0.480 e. The lowest BCUT2D eigenvalue weighted by molar-refractivity contribution is -0.318. The first-order chi connectivity index (χ1) is 28.0. The van der Waals surface area contributed by atoms with E-state index in [1.807, 2.05) is 25.9 Å². The number of hydrogen-bond acceptors (Lipinski definition) is 17. The highest BCUT2D eigenvalue weighted by atomic mass is 32.1. The SMILES string of the molecule is CC(=O)N[C@@H](CS)C(=O)O.CC[C@H]1OC(=O)[C@H](C)[C@@H](O[C@H]2C[C@@](C)(OC)[C@@H](O)[C@H](C)O2)[C@H](C)[C@@H](O[C@@H]2O[C@H](C)C[C@H](N(C)C)[C@H]2O)[C@](C)(O)C[C@@H](C)C(=O)[C@H](C)[C@@H](O)[C@]1(C)O. The van der Waals surface area contributed by atoms with E-state index < -0.39 is 120 Å². The van der Waals surface area contributed by atoms with E-state index in [0.717, 1.165) is 0 Å². The second kappa shape index (κ2) is 22.7. The number of amides is 1. The average molecular weight is 897 g/mol. The van der Waals surface area contributed by atoms with Gasteiger partial charge in [-0.25, -0.2) is 4.79 Å². The van der Waals surface area contributed by atoms with Crippen LogP contribution in [0, 0.1) is 23.7 Å². The first-order valence-electron chi connectivity index (χ1n) is 21.2. The number of carbonyl (C=O) groups is 4. The number of ether oxygens (including phenoxy) is 6. The maximum atomic E-state index is 14.1. The van der Waals surface area contributed by atoms with E-state index in [0.29, 0.717) is 6.42 Å². The largest absolute Gasteiger partial charge is 0.480 e. The van der Waals surface area contributed by atoms with Crippen molar-refractivity contribution in [1.29, 1.82) is 0 Å². The quantitative estimate of drug-likeness (QED) is 0.114. The number of aliphatic carboxylic acids is 1. The third kappa shape index (κ3) is 13.7. The Kier molecular flexibility index (Phi) is 20.6. The fourth-order valence-electron chi connectivity index (χ4n) is 8.84.